The van der Waals surface area contributed by atoms with Crippen LogP contribution in [0.5, 0.6) is 23.0 Å². The van der Waals surface area contributed by atoms with Crippen LogP contribution < -0.4 is 23.8 Å². The average molecular weight is 497 g/mol. The predicted octanol–water partition coefficient (Wildman–Crippen LogP) is 4.61. The summed E-state index contributed by atoms with van der Waals surface area (Å²) in [7, 11) is 6.26. The Morgan fingerprint density at radius 2 is 1.44 bits per heavy atom. The summed E-state index contributed by atoms with van der Waals surface area (Å²) in [5, 5.41) is 0. The van der Waals surface area contributed by atoms with Crippen molar-refractivity contribution in [3.63, 3.8) is 0 Å². The molecule has 2 saturated heterocycles. The molecule has 2 heterocycles. The molecule has 0 aromatic heterocycles. The molecule has 2 aliphatic rings. The molecule has 0 radical (unpaired) electrons. The summed E-state index contributed by atoms with van der Waals surface area (Å²) in [5.41, 5.74) is 1.48. The molecular weight excluding hydrogens is 460 g/mol. The van der Waals surface area contributed by atoms with E-state index < -0.39 is 6.04 Å². The van der Waals surface area contributed by atoms with Crippen molar-refractivity contribution in [3.05, 3.63) is 42.0 Å². The first-order valence-electron chi connectivity index (χ1n) is 12.6. The minimum Gasteiger partial charge on any atom is -0.497 e. The third kappa shape index (κ3) is 5.08. The minimum absolute atomic E-state index is 0.0509. The first-order chi connectivity index (χ1) is 17.5. The molecule has 2 unspecified atom stereocenters. The number of anilines is 1. The number of rotatable bonds is 7. The van der Waals surface area contributed by atoms with Crippen molar-refractivity contribution in [3.8, 4) is 23.0 Å². The van der Waals surface area contributed by atoms with Crippen LogP contribution in [0.25, 0.3) is 0 Å². The Bertz CT molecular complexity index is 1040. The van der Waals surface area contributed by atoms with Gasteiger partial charge in [0, 0.05) is 31.6 Å². The van der Waals surface area contributed by atoms with Gasteiger partial charge in [-0.25, -0.2) is 0 Å². The highest BCUT2D eigenvalue weighted by molar-refractivity contribution is 5.98. The largest absolute Gasteiger partial charge is 0.497 e. The molecule has 36 heavy (non-hydrogen) atoms. The molecule has 2 aromatic rings. The van der Waals surface area contributed by atoms with E-state index in [1.807, 2.05) is 29.2 Å². The zero-order chi connectivity index (χ0) is 25.7. The van der Waals surface area contributed by atoms with Gasteiger partial charge in [0.25, 0.3) is 0 Å². The van der Waals surface area contributed by atoms with Gasteiger partial charge in [0.1, 0.15) is 5.75 Å². The Morgan fingerprint density at radius 3 is 1.97 bits per heavy atom. The predicted molar refractivity (Wildman–Crippen MR) is 137 cm³/mol. The van der Waals surface area contributed by atoms with Crippen LogP contribution in [-0.4, -0.2) is 58.2 Å². The van der Waals surface area contributed by atoms with Crippen molar-refractivity contribution in [2.75, 3.05) is 46.4 Å². The van der Waals surface area contributed by atoms with E-state index in [2.05, 4.69) is 0 Å². The molecule has 0 N–H and O–H groups in total. The summed E-state index contributed by atoms with van der Waals surface area (Å²) >= 11 is 0. The number of nitrogens with zero attached hydrogens (tertiary/aromatic N) is 2. The number of methoxy groups -OCH3 is 4. The highest BCUT2D eigenvalue weighted by Gasteiger charge is 2.43. The fraction of sp³-hybridized carbons (Fsp3) is 0.500. The second-order valence-corrected chi connectivity index (χ2v) is 9.25. The minimum atomic E-state index is -0.476. The fourth-order valence-corrected chi connectivity index (χ4v) is 5.37. The van der Waals surface area contributed by atoms with Crippen molar-refractivity contribution in [2.45, 2.75) is 44.6 Å². The van der Waals surface area contributed by atoms with Gasteiger partial charge in [-0.15, -0.1) is 0 Å². The number of carbonyl (C=O) groups is 2. The van der Waals surface area contributed by atoms with Gasteiger partial charge in [-0.1, -0.05) is 25.0 Å². The number of carbonyl (C=O) groups excluding carboxylic acids is 2. The van der Waals surface area contributed by atoms with E-state index in [1.165, 1.54) is 0 Å². The maximum absolute atomic E-state index is 13.9. The van der Waals surface area contributed by atoms with Crippen LogP contribution in [0.2, 0.25) is 0 Å². The monoisotopic (exact) mass is 496 g/mol. The number of hydrogen-bond acceptors (Lipinski definition) is 6. The molecule has 0 bridgehead atoms. The van der Waals surface area contributed by atoms with Crippen molar-refractivity contribution in [1.29, 1.82) is 0 Å². The molecule has 0 saturated carbocycles. The molecule has 2 aliphatic heterocycles. The molecule has 0 aliphatic carbocycles. The zero-order valence-corrected chi connectivity index (χ0v) is 21.6. The summed E-state index contributed by atoms with van der Waals surface area (Å²) in [6, 6.07) is 10.7. The van der Waals surface area contributed by atoms with Crippen molar-refractivity contribution >= 4 is 17.5 Å². The Balaban J connectivity index is 1.82. The Morgan fingerprint density at radius 1 is 0.833 bits per heavy atom. The Hall–Kier alpha value is -3.42. The quantitative estimate of drug-likeness (QED) is 0.557. The lowest BCUT2D eigenvalue weighted by Crippen LogP contribution is -2.49. The SMILES string of the molecule is COc1ccc(C2C(C(=O)N3CCCCCC3)CCC(=O)N2c2cc(OC)c(OC)c(OC)c2)cc1. The van der Waals surface area contributed by atoms with E-state index in [4.69, 9.17) is 18.9 Å². The zero-order valence-electron chi connectivity index (χ0n) is 21.6. The van der Waals surface area contributed by atoms with Crippen LogP contribution in [0, 0.1) is 5.92 Å². The molecule has 194 valence electrons. The van der Waals surface area contributed by atoms with Crippen LogP contribution in [0.15, 0.2) is 36.4 Å². The highest BCUT2D eigenvalue weighted by atomic mass is 16.5. The maximum atomic E-state index is 13.9. The lowest BCUT2D eigenvalue weighted by atomic mass is 9.82. The number of likely N-dealkylation sites (tertiary alicyclic amines) is 1. The van der Waals surface area contributed by atoms with E-state index in [0.717, 1.165) is 50.1 Å². The number of hydrogen-bond donors (Lipinski definition) is 0. The molecule has 8 heteroatoms. The standard InChI is InChI=1S/C28H36N2O6/c1-33-21-11-9-19(10-12-21)26-22(28(32)29-15-7-5-6-8-16-29)13-14-25(31)30(26)20-17-23(34-2)27(36-4)24(18-20)35-3/h9-12,17-18,22,26H,5-8,13-16H2,1-4H3. The second kappa shape index (κ2) is 11.5. The molecule has 4 rings (SSSR count). The summed E-state index contributed by atoms with van der Waals surface area (Å²) in [5.74, 6) is 1.77. The van der Waals surface area contributed by atoms with Crippen LogP contribution in [0.3, 0.4) is 0 Å². The Kier molecular flexibility index (Phi) is 8.23. The van der Waals surface area contributed by atoms with Crippen LogP contribution in [0.4, 0.5) is 5.69 Å². The van der Waals surface area contributed by atoms with E-state index in [0.29, 0.717) is 29.4 Å². The molecule has 2 fully saturated rings. The van der Waals surface area contributed by atoms with E-state index >= 15 is 0 Å². The van der Waals surface area contributed by atoms with Gasteiger partial charge in [0.15, 0.2) is 11.5 Å². The average Bonchev–Trinajstić information content (AvgIpc) is 3.21. The number of amides is 2. The summed E-state index contributed by atoms with van der Waals surface area (Å²) < 4.78 is 22.0. The van der Waals surface area contributed by atoms with Crippen molar-refractivity contribution in [2.24, 2.45) is 5.92 Å². The second-order valence-electron chi connectivity index (χ2n) is 9.25. The van der Waals surface area contributed by atoms with Crippen molar-refractivity contribution in [1.82, 2.24) is 4.90 Å². The molecule has 2 amide bonds. The molecular formula is C28H36N2O6. The first kappa shape index (κ1) is 25.7. The van der Waals surface area contributed by atoms with E-state index in [9.17, 15) is 9.59 Å². The van der Waals surface area contributed by atoms with Crippen molar-refractivity contribution < 1.29 is 28.5 Å². The smallest absolute Gasteiger partial charge is 0.228 e. The molecule has 2 atom stereocenters. The lowest BCUT2D eigenvalue weighted by Gasteiger charge is -2.42. The topological polar surface area (TPSA) is 77.5 Å². The number of benzene rings is 2. The summed E-state index contributed by atoms with van der Waals surface area (Å²) in [6.07, 6.45) is 5.11. The Labute approximate surface area is 213 Å². The maximum Gasteiger partial charge on any atom is 0.228 e. The van der Waals surface area contributed by atoms with Gasteiger partial charge >= 0.3 is 0 Å². The molecule has 0 spiro atoms. The summed E-state index contributed by atoms with van der Waals surface area (Å²) in [4.78, 5) is 31.2. The van der Waals surface area contributed by atoms with Gasteiger partial charge in [-0.2, -0.15) is 0 Å². The van der Waals surface area contributed by atoms with Gasteiger partial charge in [-0.3, -0.25) is 9.59 Å². The van der Waals surface area contributed by atoms with Crippen LogP contribution >= 0.6 is 0 Å². The van der Waals surface area contributed by atoms with Crippen LogP contribution in [0.1, 0.15) is 50.1 Å². The van der Waals surface area contributed by atoms with Gasteiger partial charge < -0.3 is 28.7 Å². The third-order valence-corrected chi connectivity index (χ3v) is 7.22. The van der Waals surface area contributed by atoms with Crippen LogP contribution in [-0.2, 0) is 9.59 Å². The van der Waals surface area contributed by atoms with Gasteiger partial charge in [0.05, 0.1) is 46.1 Å². The van der Waals surface area contributed by atoms with Gasteiger partial charge in [0.2, 0.25) is 17.6 Å². The fourth-order valence-electron chi connectivity index (χ4n) is 5.37. The van der Waals surface area contributed by atoms with Gasteiger partial charge in [-0.05, 0) is 37.0 Å². The third-order valence-electron chi connectivity index (χ3n) is 7.22. The first-order valence-corrected chi connectivity index (χ1v) is 12.6. The van der Waals surface area contributed by atoms with E-state index in [-0.39, 0.29) is 24.2 Å². The number of ether oxygens (including phenoxy) is 4. The normalized spacial score (nSPS) is 20.5. The highest BCUT2D eigenvalue weighted by Crippen LogP contribution is 2.46. The number of piperidine rings is 1. The molecule has 8 nitrogen and oxygen atoms in total. The van der Waals surface area contributed by atoms with E-state index in [1.54, 1.807) is 45.5 Å². The molecule has 2 aromatic carbocycles. The lowest BCUT2D eigenvalue weighted by molar-refractivity contribution is -0.138. The summed E-state index contributed by atoms with van der Waals surface area (Å²) in [6.45, 7) is 1.53.